The number of hydrogen-bond donors (Lipinski definition) is 9. The summed E-state index contributed by atoms with van der Waals surface area (Å²) in [7, 11) is 9.36. The lowest BCUT2D eigenvalue weighted by molar-refractivity contribution is -0.175. The number of carbonyl (C=O) groups is 9. The molecule has 3 heterocycles. The molecule has 548 valence electrons. The van der Waals surface area contributed by atoms with Gasteiger partial charge < -0.3 is 79.4 Å². The van der Waals surface area contributed by atoms with Gasteiger partial charge >= 0.3 is 18.2 Å². The summed E-state index contributed by atoms with van der Waals surface area (Å²) < 4.78 is 41.5. The van der Waals surface area contributed by atoms with E-state index >= 15 is 0 Å². The fourth-order valence-electron chi connectivity index (χ4n) is 11.3. The number of esters is 1. The molecule has 8 amide bonds. The number of nitrogens with zero attached hydrogens (tertiary/aromatic N) is 4. The Labute approximate surface area is 588 Å². The first kappa shape index (κ1) is 80.3. The van der Waals surface area contributed by atoms with Crippen LogP contribution in [-0.2, 0) is 88.1 Å². The van der Waals surface area contributed by atoms with Crippen LogP contribution in [0.25, 0.3) is 10.9 Å². The summed E-state index contributed by atoms with van der Waals surface area (Å²) in [5.41, 5.74) is 3.89. The van der Waals surface area contributed by atoms with Gasteiger partial charge in [0, 0.05) is 77.5 Å². The number of aromatic nitrogens is 1. The van der Waals surface area contributed by atoms with E-state index in [1.807, 2.05) is 56.4 Å². The van der Waals surface area contributed by atoms with E-state index < -0.39 is 102 Å². The summed E-state index contributed by atoms with van der Waals surface area (Å²) in [5, 5.41) is 43.1. The van der Waals surface area contributed by atoms with Gasteiger partial charge in [0.2, 0.25) is 35.4 Å². The number of ether oxygens (including phenoxy) is 7. The number of allylic oxidation sites excluding steroid dienone is 3. The molecular formula is C70H98ClN11O18. The molecule has 1 aromatic heterocycles. The fourth-order valence-corrected chi connectivity index (χ4v) is 11.6. The standard InChI is InChI=1S/C70H98ClN11O18/c1-43(2)64(77-59(84)25-28-96-30-31-97-29-26-73-60(85)39-74-58(83)24-27-82-51(41-79(8)72-7)35-49-17-13-14-18-52(49)82)65(88)75-40-61(86)76-50-22-20-47(21-23-50)42-98-68(91)80(9)46(5)66(89)100-57-36-62(87)81(10)53-33-48(34-54(94-11)63(53)71)32-44(3)16-15-19-56(95-12)70(93)38-55(99-67(90)78-70)45(4)37-69(57,6)92/h13-23,33-35,43,45-46,55-57,64,72,92-93H,24-32,36-42H2,1-12H3,(H,73,85)(H,74,83)(H,75,88)(H,76,86)(H,77,84)(H,78,90)/b19-15+,44-16+/t45-,46-,55-,56+,57-,64?,69?,70-/m0/s1. The molecule has 4 bridgehead atoms. The minimum Gasteiger partial charge on any atom is -0.495 e. The zero-order valence-corrected chi connectivity index (χ0v) is 59.8. The number of likely N-dealkylation sites (N-methyl/N-ethyl adjacent to an activating group) is 1. The van der Waals surface area contributed by atoms with Crippen molar-refractivity contribution in [3.8, 4) is 5.75 Å². The van der Waals surface area contributed by atoms with Crippen LogP contribution in [0.15, 0.2) is 90.5 Å². The van der Waals surface area contributed by atoms with Crippen molar-refractivity contribution in [1.29, 1.82) is 0 Å². The number of aliphatic hydroxyl groups is 2. The molecule has 30 heteroatoms. The average molecular weight is 1420 g/mol. The van der Waals surface area contributed by atoms with Crippen molar-refractivity contribution in [1.82, 2.24) is 46.5 Å². The number of benzene rings is 3. The predicted molar refractivity (Wildman–Crippen MR) is 372 cm³/mol. The lowest BCUT2D eigenvalue weighted by atomic mass is 9.81. The van der Waals surface area contributed by atoms with Crippen molar-refractivity contribution >= 4 is 87.5 Å². The van der Waals surface area contributed by atoms with E-state index in [0.29, 0.717) is 36.3 Å². The molecular weight excluding hydrogens is 1320 g/mol. The van der Waals surface area contributed by atoms with Gasteiger partial charge in [0.1, 0.15) is 47.8 Å². The van der Waals surface area contributed by atoms with Crippen LogP contribution in [0, 0.1) is 11.8 Å². The molecule has 0 saturated carbocycles. The number of hydrazine groups is 1. The third kappa shape index (κ3) is 23.7. The van der Waals surface area contributed by atoms with Gasteiger partial charge in [0.05, 0.1) is 70.9 Å². The molecule has 0 spiro atoms. The smallest absolute Gasteiger partial charge is 0.410 e. The summed E-state index contributed by atoms with van der Waals surface area (Å²) in [6.45, 7) is 10.8. The van der Waals surface area contributed by atoms with Crippen molar-refractivity contribution < 1.29 is 86.5 Å². The van der Waals surface area contributed by atoms with Crippen LogP contribution in [0.2, 0.25) is 5.02 Å². The summed E-state index contributed by atoms with van der Waals surface area (Å²) in [6.07, 6.45) is -0.892. The fraction of sp³-hybridized carbons (Fsp3) is 0.529. The third-order valence-electron chi connectivity index (χ3n) is 17.3. The summed E-state index contributed by atoms with van der Waals surface area (Å²) in [4.78, 5) is 121. The number of nitrogens with one attached hydrogen (secondary N) is 7. The predicted octanol–water partition coefficient (Wildman–Crippen LogP) is 4.77. The molecule has 1 saturated heterocycles. The number of halogens is 1. The van der Waals surface area contributed by atoms with Crippen molar-refractivity contribution in [3.05, 3.63) is 112 Å². The molecule has 2 aliphatic rings. The molecule has 2 aliphatic heterocycles. The lowest BCUT2D eigenvalue weighted by Crippen LogP contribution is -2.63. The maximum Gasteiger partial charge on any atom is 0.410 e. The van der Waals surface area contributed by atoms with E-state index in [9.17, 15) is 53.4 Å². The van der Waals surface area contributed by atoms with Crippen molar-refractivity contribution in [2.45, 2.75) is 141 Å². The Hall–Kier alpha value is -8.68. The highest BCUT2D eigenvalue weighted by molar-refractivity contribution is 6.35. The lowest BCUT2D eigenvalue weighted by Gasteiger charge is -2.43. The first-order valence-electron chi connectivity index (χ1n) is 33.1. The Bertz CT molecular complexity index is 3550. The maximum absolute atomic E-state index is 14.4. The Morgan fingerprint density at radius 2 is 1.56 bits per heavy atom. The average Bonchev–Trinajstić information content (AvgIpc) is 1.10. The number of fused-ring (bicyclic) bond motifs is 5. The second-order valence-electron chi connectivity index (χ2n) is 25.6. The number of rotatable bonds is 30. The second-order valence-corrected chi connectivity index (χ2v) is 25.9. The SMILES string of the molecule is CNN(C)Cc1cc2ccccc2n1CCC(=O)NCC(=O)NCCOCCOCCC(=O)NC(C(=O)NCC(=O)Nc1ccc(COC(=O)N(C)[C@@H](C)C(=O)O[C@H]2CC(=O)N(C)c3cc(cc(OC)c3Cl)C/C(C)=C/C=C/[C@@H](OC)[C@@]3(O)C[C@H](OC(=O)N3)[C@@H](C)CC2(C)O)cc1)C(C)C. The van der Waals surface area contributed by atoms with E-state index in [1.54, 1.807) is 69.3 Å². The van der Waals surface area contributed by atoms with Crippen LogP contribution in [-0.4, -0.2) is 208 Å². The molecule has 3 aromatic carbocycles. The number of para-hydroxylation sites is 1. The van der Waals surface area contributed by atoms with E-state index in [2.05, 4.69) is 48.0 Å². The highest BCUT2D eigenvalue weighted by atomic mass is 35.5. The van der Waals surface area contributed by atoms with Crippen LogP contribution >= 0.6 is 11.6 Å². The molecule has 4 aromatic rings. The van der Waals surface area contributed by atoms with Crippen LogP contribution in [0.4, 0.5) is 21.0 Å². The van der Waals surface area contributed by atoms with Gasteiger partial charge in [-0.2, -0.15) is 0 Å². The summed E-state index contributed by atoms with van der Waals surface area (Å²) in [6, 6.07) is 17.5. The normalized spacial score (nSPS) is 21.1. The Kier molecular flexibility index (Phi) is 30.7. The molecule has 2 unspecified atom stereocenters. The van der Waals surface area contributed by atoms with Crippen LogP contribution in [0.3, 0.4) is 0 Å². The molecule has 8 atom stereocenters. The Morgan fingerprint density at radius 3 is 2.25 bits per heavy atom. The minimum absolute atomic E-state index is 0.0388. The molecule has 29 nitrogen and oxygen atoms in total. The topological polar surface area (TPSA) is 358 Å². The third-order valence-corrected chi connectivity index (χ3v) is 17.7. The number of alkyl carbamates (subject to hydrolysis) is 1. The highest BCUT2D eigenvalue weighted by Crippen LogP contribution is 2.39. The number of methoxy groups -OCH3 is 2. The zero-order valence-electron chi connectivity index (χ0n) is 59.0. The van der Waals surface area contributed by atoms with Crippen LogP contribution in [0.5, 0.6) is 5.75 Å². The number of carbonyl (C=O) groups excluding carboxylic acids is 9. The number of anilines is 2. The number of hydrogen-bond acceptors (Lipinski definition) is 20. The van der Waals surface area contributed by atoms with Gasteiger partial charge in [-0.3, -0.25) is 44.4 Å². The first-order valence-corrected chi connectivity index (χ1v) is 33.5. The molecule has 9 N–H and O–H groups in total. The van der Waals surface area contributed by atoms with E-state index in [1.165, 1.54) is 47.1 Å². The van der Waals surface area contributed by atoms with Gasteiger partial charge in [0.25, 0.3) is 0 Å². The van der Waals surface area contributed by atoms with Gasteiger partial charge in [-0.05, 0) is 105 Å². The van der Waals surface area contributed by atoms with Crippen molar-refractivity contribution in [2.24, 2.45) is 11.8 Å². The molecule has 0 aliphatic carbocycles. The molecule has 6 rings (SSSR count). The molecule has 1 fully saturated rings. The Balaban J connectivity index is 0.907. The van der Waals surface area contributed by atoms with E-state index in [4.69, 9.17) is 44.8 Å². The largest absolute Gasteiger partial charge is 0.495 e. The summed E-state index contributed by atoms with van der Waals surface area (Å²) >= 11 is 6.80. The quantitative estimate of drug-likeness (QED) is 0.0147. The van der Waals surface area contributed by atoms with E-state index in [-0.39, 0.29) is 106 Å². The van der Waals surface area contributed by atoms with Crippen LogP contribution in [0.1, 0.15) is 90.5 Å². The number of amides is 8. The van der Waals surface area contributed by atoms with Crippen LogP contribution < -0.4 is 47.0 Å². The van der Waals surface area contributed by atoms with Gasteiger partial charge in [-0.1, -0.05) is 86.5 Å². The van der Waals surface area contributed by atoms with Gasteiger partial charge in [0.15, 0.2) is 5.72 Å². The summed E-state index contributed by atoms with van der Waals surface area (Å²) in [5.74, 6) is -4.62. The Morgan fingerprint density at radius 1 is 0.860 bits per heavy atom. The first-order chi connectivity index (χ1) is 47.4. The van der Waals surface area contributed by atoms with E-state index in [0.717, 1.165) is 27.1 Å². The molecule has 0 radical (unpaired) electrons. The van der Waals surface area contributed by atoms with Crippen molar-refractivity contribution in [2.75, 3.05) is 98.7 Å². The number of aryl methyl sites for hydroxylation is 1. The van der Waals surface area contributed by atoms with Gasteiger partial charge in [-0.15, -0.1) is 0 Å². The zero-order chi connectivity index (χ0) is 73.4. The maximum atomic E-state index is 14.4. The monoisotopic (exact) mass is 1420 g/mol. The van der Waals surface area contributed by atoms with Crippen molar-refractivity contribution in [3.63, 3.8) is 0 Å². The molecule has 100 heavy (non-hydrogen) atoms. The van der Waals surface area contributed by atoms with Gasteiger partial charge in [-0.25, -0.2) is 19.4 Å². The minimum atomic E-state index is -2.02. The highest BCUT2D eigenvalue weighted by Gasteiger charge is 2.49. The second kappa shape index (κ2) is 38.2.